The van der Waals surface area contributed by atoms with Crippen LogP contribution in [0.2, 0.25) is 0 Å². The maximum Gasteiger partial charge on any atom is 0.342 e. The molecule has 0 fully saturated rings. The Morgan fingerprint density at radius 2 is 1.96 bits per heavy atom. The molecule has 1 aromatic rings. The molecule has 1 aromatic carbocycles. The van der Waals surface area contributed by atoms with Crippen molar-refractivity contribution in [3.05, 3.63) is 29.3 Å². The zero-order valence-electron chi connectivity index (χ0n) is 14.3. The summed E-state index contributed by atoms with van der Waals surface area (Å²) in [7, 11) is 1.24. The summed E-state index contributed by atoms with van der Waals surface area (Å²) in [5.41, 5.74) is 0.751. The lowest BCUT2D eigenvalue weighted by molar-refractivity contribution is -0.147. The molecule has 0 aromatic heterocycles. The van der Waals surface area contributed by atoms with E-state index in [1.165, 1.54) is 19.2 Å². The third-order valence-corrected chi connectivity index (χ3v) is 3.69. The molecular formula is C17H23NO6. The van der Waals surface area contributed by atoms with E-state index in [0.29, 0.717) is 6.42 Å². The molecule has 0 radical (unpaired) electrons. The van der Waals surface area contributed by atoms with Gasteiger partial charge in [-0.2, -0.15) is 0 Å². The number of hydrogen-bond acceptors (Lipinski definition) is 6. The molecule has 0 saturated heterocycles. The van der Waals surface area contributed by atoms with Gasteiger partial charge >= 0.3 is 11.9 Å². The first-order chi connectivity index (χ1) is 11.3. The van der Waals surface area contributed by atoms with Gasteiger partial charge < -0.3 is 19.9 Å². The minimum Gasteiger partial charge on any atom is -0.507 e. The number of hydrogen-bond donors (Lipinski definition) is 2. The highest BCUT2D eigenvalue weighted by Crippen LogP contribution is 2.19. The fourth-order valence-corrected chi connectivity index (χ4v) is 2.03. The van der Waals surface area contributed by atoms with Crippen molar-refractivity contribution in [1.82, 2.24) is 5.32 Å². The van der Waals surface area contributed by atoms with E-state index >= 15 is 0 Å². The summed E-state index contributed by atoms with van der Waals surface area (Å²) < 4.78 is 9.56. The Morgan fingerprint density at radius 1 is 1.29 bits per heavy atom. The maximum atomic E-state index is 11.9. The Morgan fingerprint density at radius 3 is 2.54 bits per heavy atom. The molecule has 7 nitrogen and oxygen atoms in total. The number of carbonyl (C=O) groups excluding carboxylic acids is 3. The summed E-state index contributed by atoms with van der Waals surface area (Å²) in [6, 6.07) is 3.68. The van der Waals surface area contributed by atoms with Crippen LogP contribution in [0, 0.1) is 12.8 Å². The van der Waals surface area contributed by atoms with Crippen molar-refractivity contribution in [3.63, 3.8) is 0 Å². The molecule has 2 N–H and O–H groups in total. The van der Waals surface area contributed by atoms with Crippen LogP contribution in [0.15, 0.2) is 18.2 Å². The van der Waals surface area contributed by atoms with Crippen molar-refractivity contribution in [2.45, 2.75) is 33.2 Å². The second-order valence-corrected chi connectivity index (χ2v) is 5.55. The largest absolute Gasteiger partial charge is 0.507 e. The molecule has 1 rings (SSSR count). The van der Waals surface area contributed by atoms with Crippen molar-refractivity contribution in [1.29, 1.82) is 0 Å². The average Bonchev–Trinajstić information content (AvgIpc) is 2.58. The van der Waals surface area contributed by atoms with E-state index in [4.69, 9.17) is 4.74 Å². The van der Waals surface area contributed by atoms with Gasteiger partial charge in [0.05, 0.1) is 7.11 Å². The van der Waals surface area contributed by atoms with Gasteiger partial charge in [-0.1, -0.05) is 31.9 Å². The van der Waals surface area contributed by atoms with Gasteiger partial charge in [-0.25, -0.2) is 9.59 Å². The molecule has 0 aliphatic rings. The second-order valence-electron chi connectivity index (χ2n) is 5.55. The average molecular weight is 337 g/mol. The van der Waals surface area contributed by atoms with Gasteiger partial charge in [-0.15, -0.1) is 0 Å². The molecule has 0 heterocycles. The number of amides is 1. The highest BCUT2D eigenvalue weighted by molar-refractivity contribution is 5.94. The lowest BCUT2D eigenvalue weighted by Crippen LogP contribution is -2.47. The Labute approximate surface area is 141 Å². The number of benzene rings is 1. The standard InChI is InChI=1S/C17H23NO6/c1-5-11(3)15(17(22)23-4)18-14(20)9-24-16(21)12-8-10(2)6-7-13(12)19/h6-8,11,15,19H,5,9H2,1-4H3,(H,18,20)/t11-,15-/m0/s1. The highest BCUT2D eigenvalue weighted by Gasteiger charge is 2.27. The van der Waals surface area contributed by atoms with Crippen molar-refractivity contribution < 1.29 is 29.0 Å². The number of methoxy groups -OCH3 is 1. The molecule has 1 amide bonds. The van der Waals surface area contributed by atoms with Crippen LogP contribution in [-0.2, 0) is 19.1 Å². The molecule has 0 aliphatic heterocycles. The Hall–Kier alpha value is -2.57. The fourth-order valence-electron chi connectivity index (χ4n) is 2.03. The molecule has 0 spiro atoms. The third kappa shape index (κ3) is 5.26. The molecule has 0 bridgehead atoms. The van der Waals surface area contributed by atoms with Crippen LogP contribution in [0.5, 0.6) is 5.75 Å². The highest BCUT2D eigenvalue weighted by atomic mass is 16.5. The van der Waals surface area contributed by atoms with Crippen LogP contribution in [-0.4, -0.2) is 42.7 Å². The van der Waals surface area contributed by atoms with Gasteiger partial charge in [0.1, 0.15) is 17.4 Å². The van der Waals surface area contributed by atoms with Crippen molar-refractivity contribution >= 4 is 17.8 Å². The molecule has 0 aliphatic carbocycles. The van der Waals surface area contributed by atoms with Crippen LogP contribution >= 0.6 is 0 Å². The van der Waals surface area contributed by atoms with E-state index in [1.807, 2.05) is 6.92 Å². The number of ether oxygens (including phenoxy) is 2. The van der Waals surface area contributed by atoms with Crippen LogP contribution in [0.25, 0.3) is 0 Å². The Balaban J connectivity index is 2.66. The minimum atomic E-state index is -0.815. The number of aryl methyl sites for hydroxylation is 1. The number of esters is 2. The maximum absolute atomic E-state index is 11.9. The van der Waals surface area contributed by atoms with Crippen LogP contribution in [0.4, 0.5) is 0 Å². The first-order valence-electron chi connectivity index (χ1n) is 7.64. The van der Waals surface area contributed by atoms with Crippen molar-refractivity contribution in [2.24, 2.45) is 5.92 Å². The van der Waals surface area contributed by atoms with Gasteiger partial charge in [0.25, 0.3) is 5.91 Å². The molecule has 7 heteroatoms. The lowest BCUT2D eigenvalue weighted by atomic mass is 9.99. The minimum absolute atomic E-state index is 0.0192. The van der Waals surface area contributed by atoms with E-state index in [9.17, 15) is 19.5 Å². The predicted molar refractivity (Wildman–Crippen MR) is 86.5 cm³/mol. The quantitative estimate of drug-likeness (QED) is 0.732. The van der Waals surface area contributed by atoms with Crippen LogP contribution in [0.1, 0.15) is 36.2 Å². The van der Waals surface area contributed by atoms with Crippen LogP contribution < -0.4 is 5.32 Å². The number of rotatable bonds is 7. The Kier molecular flexibility index (Phi) is 7.23. The number of nitrogens with one attached hydrogen (secondary N) is 1. The van der Waals surface area contributed by atoms with E-state index in [0.717, 1.165) is 5.56 Å². The van der Waals surface area contributed by atoms with Crippen LogP contribution in [0.3, 0.4) is 0 Å². The molecule has 24 heavy (non-hydrogen) atoms. The van der Waals surface area contributed by atoms with Crippen molar-refractivity contribution in [2.75, 3.05) is 13.7 Å². The van der Waals surface area contributed by atoms with E-state index < -0.39 is 30.5 Å². The number of aromatic hydroxyl groups is 1. The monoisotopic (exact) mass is 337 g/mol. The normalized spacial score (nSPS) is 12.8. The molecular weight excluding hydrogens is 314 g/mol. The summed E-state index contributed by atoms with van der Waals surface area (Å²) in [6.07, 6.45) is 0.664. The number of phenols is 1. The number of phenolic OH excluding ortho intramolecular Hbond substituents is 1. The summed E-state index contributed by atoms with van der Waals surface area (Å²) >= 11 is 0. The SMILES string of the molecule is CC[C@H](C)[C@H](NC(=O)COC(=O)c1cc(C)ccc1O)C(=O)OC. The second kappa shape index (κ2) is 8.90. The zero-order chi connectivity index (χ0) is 18.3. The zero-order valence-corrected chi connectivity index (χ0v) is 14.3. The van der Waals surface area contributed by atoms with E-state index in [-0.39, 0.29) is 17.2 Å². The first-order valence-corrected chi connectivity index (χ1v) is 7.64. The summed E-state index contributed by atoms with van der Waals surface area (Å²) in [5.74, 6) is -2.34. The van der Waals surface area contributed by atoms with Gasteiger partial charge in [-0.05, 0) is 25.0 Å². The topological polar surface area (TPSA) is 102 Å². The fraction of sp³-hybridized carbons (Fsp3) is 0.471. The molecule has 132 valence electrons. The van der Waals surface area contributed by atoms with Gasteiger partial charge in [0.2, 0.25) is 0 Å². The summed E-state index contributed by atoms with van der Waals surface area (Å²) in [6.45, 7) is 4.89. The van der Waals surface area contributed by atoms with Gasteiger partial charge in [-0.3, -0.25) is 4.79 Å². The Bertz CT molecular complexity index is 613. The molecule has 0 saturated carbocycles. The smallest absolute Gasteiger partial charge is 0.342 e. The third-order valence-electron chi connectivity index (χ3n) is 3.69. The summed E-state index contributed by atoms with van der Waals surface area (Å²) in [5, 5.41) is 12.2. The molecule has 2 atom stereocenters. The number of carbonyl (C=O) groups is 3. The van der Waals surface area contributed by atoms with Gasteiger partial charge in [0, 0.05) is 0 Å². The van der Waals surface area contributed by atoms with Gasteiger partial charge in [0.15, 0.2) is 6.61 Å². The summed E-state index contributed by atoms with van der Waals surface area (Å²) in [4.78, 5) is 35.6. The molecule has 0 unspecified atom stereocenters. The van der Waals surface area contributed by atoms with Crippen molar-refractivity contribution in [3.8, 4) is 5.75 Å². The predicted octanol–water partition coefficient (Wildman–Crippen LogP) is 1.56. The van der Waals surface area contributed by atoms with E-state index in [2.05, 4.69) is 10.1 Å². The van der Waals surface area contributed by atoms with E-state index in [1.54, 1.807) is 19.9 Å². The first kappa shape index (κ1) is 19.5. The lowest BCUT2D eigenvalue weighted by Gasteiger charge is -2.21.